The average molecular weight is 337 g/mol. The SMILES string of the molecule is COCC12CC[C@@H](O)CC1CCC1C3CCC(OC)C3(C)CCC12. The summed E-state index contributed by atoms with van der Waals surface area (Å²) in [6.07, 6.45) is 11.5. The molecular weight excluding hydrogens is 300 g/mol. The van der Waals surface area contributed by atoms with Gasteiger partial charge in [-0.1, -0.05) is 6.92 Å². The molecule has 24 heavy (non-hydrogen) atoms. The first-order valence-electron chi connectivity index (χ1n) is 10.2. The Labute approximate surface area is 147 Å². The molecule has 0 aromatic rings. The highest BCUT2D eigenvalue weighted by atomic mass is 16.5. The van der Waals surface area contributed by atoms with Gasteiger partial charge in [0.05, 0.1) is 18.8 Å². The Kier molecular flexibility index (Phi) is 4.50. The molecule has 3 nitrogen and oxygen atoms in total. The average Bonchev–Trinajstić information content (AvgIpc) is 2.92. The van der Waals surface area contributed by atoms with Crippen molar-refractivity contribution in [2.75, 3.05) is 20.8 Å². The van der Waals surface area contributed by atoms with Gasteiger partial charge in [-0.3, -0.25) is 0 Å². The largest absolute Gasteiger partial charge is 0.393 e. The predicted octanol–water partition coefficient (Wildman–Crippen LogP) is 4.03. The van der Waals surface area contributed by atoms with Crippen LogP contribution < -0.4 is 0 Å². The summed E-state index contributed by atoms with van der Waals surface area (Å²) < 4.78 is 11.7. The van der Waals surface area contributed by atoms with Crippen LogP contribution >= 0.6 is 0 Å². The highest BCUT2D eigenvalue weighted by molar-refractivity contribution is 5.10. The Morgan fingerprint density at radius 1 is 0.958 bits per heavy atom. The molecule has 4 aliphatic carbocycles. The molecule has 0 bridgehead atoms. The fourth-order valence-corrected chi connectivity index (χ4v) is 7.92. The molecule has 1 N–H and O–H groups in total. The third-order valence-corrected chi connectivity index (χ3v) is 8.95. The highest BCUT2D eigenvalue weighted by Gasteiger charge is 2.61. The quantitative estimate of drug-likeness (QED) is 0.845. The minimum atomic E-state index is -0.0743. The van der Waals surface area contributed by atoms with E-state index in [4.69, 9.17) is 9.47 Å². The summed E-state index contributed by atoms with van der Waals surface area (Å²) in [4.78, 5) is 0. The van der Waals surface area contributed by atoms with E-state index in [9.17, 15) is 5.11 Å². The van der Waals surface area contributed by atoms with Gasteiger partial charge in [0.1, 0.15) is 0 Å². The van der Waals surface area contributed by atoms with E-state index in [-0.39, 0.29) is 6.10 Å². The van der Waals surface area contributed by atoms with Crippen molar-refractivity contribution in [3.63, 3.8) is 0 Å². The summed E-state index contributed by atoms with van der Waals surface area (Å²) in [7, 11) is 3.79. The fraction of sp³-hybridized carbons (Fsp3) is 1.00. The van der Waals surface area contributed by atoms with Crippen molar-refractivity contribution >= 4 is 0 Å². The van der Waals surface area contributed by atoms with E-state index in [0.717, 1.165) is 37.2 Å². The van der Waals surface area contributed by atoms with Crippen LogP contribution in [0.15, 0.2) is 0 Å². The Morgan fingerprint density at radius 2 is 1.79 bits per heavy atom. The van der Waals surface area contributed by atoms with Gasteiger partial charge in [-0.2, -0.15) is 0 Å². The van der Waals surface area contributed by atoms with Gasteiger partial charge in [0, 0.05) is 14.2 Å². The van der Waals surface area contributed by atoms with Gasteiger partial charge < -0.3 is 14.6 Å². The van der Waals surface area contributed by atoms with Gasteiger partial charge >= 0.3 is 0 Å². The second-order valence-corrected chi connectivity index (χ2v) is 9.59. The van der Waals surface area contributed by atoms with E-state index in [1.807, 2.05) is 14.2 Å². The van der Waals surface area contributed by atoms with Crippen molar-refractivity contribution < 1.29 is 14.6 Å². The second kappa shape index (κ2) is 6.25. The van der Waals surface area contributed by atoms with Crippen molar-refractivity contribution in [3.05, 3.63) is 0 Å². The van der Waals surface area contributed by atoms with Gasteiger partial charge in [-0.25, -0.2) is 0 Å². The van der Waals surface area contributed by atoms with E-state index in [2.05, 4.69) is 6.92 Å². The van der Waals surface area contributed by atoms with Crippen molar-refractivity contribution in [2.24, 2.45) is 34.5 Å². The number of hydrogen-bond donors (Lipinski definition) is 1. The van der Waals surface area contributed by atoms with Gasteiger partial charge in [0.25, 0.3) is 0 Å². The van der Waals surface area contributed by atoms with Crippen LogP contribution in [0.4, 0.5) is 0 Å². The van der Waals surface area contributed by atoms with Crippen LogP contribution in [0, 0.1) is 34.5 Å². The maximum Gasteiger partial charge on any atom is 0.0627 e. The van der Waals surface area contributed by atoms with E-state index in [0.29, 0.717) is 22.9 Å². The van der Waals surface area contributed by atoms with Crippen LogP contribution in [0.3, 0.4) is 0 Å². The first kappa shape index (κ1) is 17.3. The first-order valence-corrected chi connectivity index (χ1v) is 10.2. The molecule has 0 aliphatic heterocycles. The zero-order valence-corrected chi connectivity index (χ0v) is 15.8. The number of fused-ring (bicyclic) bond motifs is 5. The molecule has 4 aliphatic rings. The normalized spacial score (nSPS) is 54.0. The molecule has 0 saturated heterocycles. The van der Waals surface area contributed by atoms with E-state index < -0.39 is 0 Å². The Morgan fingerprint density at radius 3 is 2.54 bits per heavy atom. The third kappa shape index (κ3) is 2.34. The molecular formula is C21H36O3. The van der Waals surface area contributed by atoms with Gasteiger partial charge in [-0.05, 0) is 92.3 Å². The first-order chi connectivity index (χ1) is 11.5. The standard InChI is InChI=1S/C21H36O3/c1-20-10-9-18-16(17(20)6-7-19(20)24-3)5-4-14-12-15(22)8-11-21(14,18)13-23-2/h14-19,22H,4-13H2,1-3H3/t14?,15-,16?,17?,18?,19?,20?,21?/m1/s1. The minimum absolute atomic E-state index is 0.0743. The molecule has 0 amide bonds. The van der Waals surface area contributed by atoms with E-state index in [1.165, 1.54) is 44.9 Å². The fourth-order valence-electron chi connectivity index (χ4n) is 7.92. The lowest BCUT2D eigenvalue weighted by Gasteiger charge is -2.61. The number of methoxy groups -OCH3 is 2. The molecule has 0 heterocycles. The number of ether oxygens (including phenoxy) is 2. The molecule has 0 spiro atoms. The Balaban J connectivity index is 1.64. The molecule has 8 atom stereocenters. The van der Waals surface area contributed by atoms with Crippen LogP contribution in [-0.4, -0.2) is 38.1 Å². The summed E-state index contributed by atoms with van der Waals surface area (Å²) in [5.41, 5.74) is 0.731. The molecule has 138 valence electrons. The van der Waals surface area contributed by atoms with Crippen LogP contribution in [0.2, 0.25) is 0 Å². The molecule has 4 rings (SSSR count). The second-order valence-electron chi connectivity index (χ2n) is 9.59. The number of aliphatic hydroxyl groups excluding tert-OH is 1. The van der Waals surface area contributed by atoms with Gasteiger partial charge in [0.15, 0.2) is 0 Å². The molecule has 0 aromatic carbocycles. The maximum absolute atomic E-state index is 10.2. The number of aliphatic hydroxyl groups is 1. The lowest BCUT2D eigenvalue weighted by Crippen LogP contribution is -2.57. The molecule has 4 saturated carbocycles. The van der Waals surface area contributed by atoms with Crippen molar-refractivity contribution in [1.82, 2.24) is 0 Å². The van der Waals surface area contributed by atoms with E-state index in [1.54, 1.807) is 0 Å². The van der Waals surface area contributed by atoms with Crippen LogP contribution in [-0.2, 0) is 9.47 Å². The van der Waals surface area contributed by atoms with Crippen molar-refractivity contribution in [3.8, 4) is 0 Å². The van der Waals surface area contributed by atoms with Gasteiger partial charge in [-0.15, -0.1) is 0 Å². The molecule has 0 radical (unpaired) electrons. The monoisotopic (exact) mass is 336 g/mol. The smallest absolute Gasteiger partial charge is 0.0627 e. The van der Waals surface area contributed by atoms with Crippen molar-refractivity contribution in [2.45, 2.75) is 76.9 Å². The Bertz CT molecular complexity index is 466. The number of hydrogen-bond acceptors (Lipinski definition) is 3. The predicted molar refractivity (Wildman–Crippen MR) is 94.7 cm³/mol. The van der Waals surface area contributed by atoms with Crippen LogP contribution in [0.25, 0.3) is 0 Å². The zero-order chi connectivity index (χ0) is 16.9. The lowest BCUT2D eigenvalue weighted by molar-refractivity contribution is -0.164. The summed E-state index contributed by atoms with van der Waals surface area (Å²) >= 11 is 0. The maximum atomic E-state index is 10.2. The van der Waals surface area contributed by atoms with Gasteiger partial charge in [0.2, 0.25) is 0 Å². The minimum Gasteiger partial charge on any atom is -0.393 e. The lowest BCUT2D eigenvalue weighted by atomic mass is 9.44. The van der Waals surface area contributed by atoms with E-state index >= 15 is 0 Å². The summed E-state index contributed by atoms with van der Waals surface area (Å²) in [5.74, 6) is 3.16. The van der Waals surface area contributed by atoms with Crippen LogP contribution in [0.1, 0.15) is 64.7 Å². The molecule has 4 fully saturated rings. The van der Waals surface area contributed by atoms with Crippen LogP contribution in [0.5, 0.6) is 0 Å². The zero-order valence-electron chi connectivity index (χ0n) is 15.8. The number of rotatable bonds is 3. The summed E-state index contributed by atoms with van der Waals surface area (Å²) in [6.45, 7) is 3.41. The molecule has 3 heteroatoms. The highest BCUT2D eigenvalue weighted by Crippen LogP contribution is 2.66. The summed E-state index contributed by atoms with van der Waals surface area (Å²) in [5, 5.41) is 10.2. The Hall–Kier alpha value is -0.120. The topological polar surface area (TPSA) is 38.7 Å². The van der Waals surface area contributed by atoms with Crippen molar-refractivity contribution in [1.29, 1.82) is 0 Å². The third-order valence-electron chi connectivity index (χ3n) is 8.95. The summed E-state index contributed by atoms with van der Waals surface area (Å²) in [6, 6.07) is 0. The molecule has 7 unspecified atom stereocenters. The molecule has 0 aromatic heterocycles.